The zero-order chi connectivity index (χ0) is 45.6. The van der Waals surface area contributed by atoms with Gasteiger partial charge in [-0.15, -0.1) is 11.8 Å². The minimum absolute atomic E-state index is 0.00729. The number of rotatable bonds is 20. The Bertz CT molecular complexity index is 2060. The van der Waals surface area contributed by atoms with Crippen LogP contribution in [-0.2, 0) is 35.1 Å². The average molecular weight is 917 g/mol. The van der Waals surface area contributed by atoms with Crippen LogP contribution in [0.2, 0.25) is 0 Å². The molecule has 0 aliphatic carbocycles. The Kier molecular flexibility index (Phi) is 17.7. The van der Waals surface area contributed by atoms with Gasteiger partial charge in [0.15, 0.2) is 0 Å². The molecule has 17 nitrogen and oxygen atoms in total. The van der Waals surface area contributed by atoms with Gasteiger partial charge in [-0.1, -0.05) is 30.3 Å². The molecule has 21 heteroatoms. The Hall–Kier alpha value is -5.38. The number of alkyl halides is 1. The first-order valence-corrected chi connectivity index (χ1v) is 22.4. The van der Waals surface area contributed by atoms with E-state index in [-0.39, 0.29) is 75.3 Å². The number of hydrogen-bond donors (Lipinski definition) is 6. The summed E-state index contributed by atoms with van der Waals surface area (Å²) >= 11 is 1.11. The predicted octanol–water partition coefficient (Wildman–Crippen LogP) is 3.24. The second-order valence-corrected chi connectivity index (χ2v) is 17.2. The topological polar surface area (TPSA) is 214 Å². The molecule has 3 aromatic rings. The van der Waals surface area contributed by atoms with Crippen LogP contribution in [0, 0.1) is 23.5 Å². The summed E-state index contributed by atoms with van der Waals surface area (Å²) in [6.45, 7) is 3.49. The summed E-state index contributed by atoms with van der Waals surface area (Å²) in [4.78, 5) is 69.1. The fourth-order valence-electron chi connectivity index (χ4n) is 7.78. The highest BCUT2D eigenvalue weighted by atomic mass is 32.2. The molecule has 0 bridgehead atoms. The zero-order valence-corrected chi connectivity index (χ0v) is 36.3. The fourth-order valence-corrected chi connectivity index (χ4v) is 8.92. The van der Waals surface area contributed by atoms with Crippen LogP contribution in [0.3, 0.4) is 0 Å². The van der Waals surface area contributed by atoms with Crippen LogP contribution >= 0.6 is 11.8 Å². The Balaban J connectivity index is 1.06. The molecule has 64 heavy (non-hydrogen) atoms. The summed E-state index contributed by atoms with van der Waals surface area (Å²) in [6.07, 6.45) is 0.644. The third kappa shape index (κ3) is 13.6. The first-order valence-electron chi connectivity index (χ1n) is 21.3. The number of halogens is 3. The number of carboxylic acids is 1. The SMILES string of the molecule is CC(COC(=O)NCCOCCNC(=O)CC1SCC(C(=O)O)NC1=O)NC(=O)N(CC1CNCC1F)C(c1nc(-c2cc(F)ccc2F)cn1Cc1ccccc1)C1CCOCC1. The number of carbonyl (C=O) groups is 5. The van der Waals surface area contributed by atoms with Crippen LogP contribution in [0.4, 0.5) is 22.8 Å². The van der Waals surface area contributed by atoms with Crippen molar-refractivity contribution in [2.45, 2.75) is 62.3 Å². The van der Waals surface area contributed by atoms with Crippen LogP contribution in [0.25, 0.3) is 11.3 Å². The Morgan fingerprint density at radius 3 is 2.52 bits per heavy atom. The maximum atomic E-state index is 15.4. The van der Waals surface area contributed by atoms with Crippen molar-refractivity contribution in [2.75, 3.05) is 71.5 Å². The standard InChI is InChI=1S/C43H55F3N8O9S/c1-26(24-63-43(60)49-12-16-62-15-11-48-37(55)18-36-40(56)52-35(25-64-36)41(57)58)50-42(59)54(22-29-19-47-20-33(29)46)38(28-9-13-61-14-10-28)39-51-34(31-17-30(44)7-8-32(31)45)23-53(39)21-27-5-3-2-4-6-27/h2-8,17,23,26,28-29,33,35-36,38,47H,9-16,18-22,24-25H2,1H3,(H,48,55)(H,49,60)(H,50,59)(H,52,56)(H,57,58). The number of urea groups is 1. The number of benzene rings is 2. The molecular weight excluding hydrogens is 862 g/mol. The minimum Gasteiger partial charge on any atom is -0.480 e. The number of aliphatic carboxylic acids is 1. The molecule has 0 radical (unpaired) electrons. The second kappa shape index (κ2) is 23.5. The van der Waals surface area contributed by atoms with Crippen LogP contribution in [0.1, 0.15) is 43.6 Å². The van der Waals surface area contributed by atoms with Gasteiger partial charge in [-0.05, 0) is 49.4 Å². The van der Waals surface area contributed by atoms with E-state index >= 15 is 8.78 Å². The molecule has 3 fully saturated rings. The largest absolute Gasteiger partial charge is 0.480 e. The lowest BCUT2D eigenvalue weighted by Crippen LogP contribution is -2.52. The molecule has 6 unspecified atom stereocenters. The lowest BCUT2D eigenvalue weighted by atomic mass is 9.89. The highest BCUT2D eigenvalue weighted by Crippen LogP contribution is 2.38. The number of carboxylic acid groups (broad SMARTS) is 1. The number of amides is 5. The van der Waals surface area contributed by atoms with Gasteiger partial charge in [0.05, 0.1) is 36.2 Å². The van der Waals surface area contributed by atoms with Gasteiger partial charge >= 0.3 is 18.1 Å². The number of thioether (sulfide) groups is 1. The lowest BCUT2D eigenvalue weighted by molar-refractivity contribution is -0.141. The van der Waals surface area contributed by atoms with Crippen LogP contribution in [0.15, 0.2) is 54.7 Å². The van der Waals surface area contributed by atoms with Crippen molar-refractivity contribution in [2.24, 2.45) is 11.8 Å². The smallest absolute Gasteiger partial charge is 0.407 e. The molecule has 0 spiro atoms. The number of ether oxygens (including phenoxy) is 3. The molecule has 6 atom stereocenters. The Morgan fingerprint density at radius 1 is 1.06 bits per heavy atom. The highest BCUT2D eigenvalue weighted by Gasteiger charge is 2.41. The van der Waals surface area contributed by atoms with E-state index in [1.807, 2.05) is 34.9 Å². The summed E-state index contributed by atoms with van der Waals surface area (Å²) in [6, 6.07) is 9.68. The number of nitrogens with one attached hydrogen (secondary N) is 5. The number of aromatic nitrogens is 2. The molecule has 6 N–H and O–H groups in total. The number of carbonyl (C=O) groups excluding carboxylic acids is 4. The first kappa shape index (κ1) is 48.1. The number of alkyl carbamates (subject to hydrolysis) is 1. The average Bonchev–Trinajstić information content (AvgIpc) is 3.89. The number of hydrogen-bond acceptors (Lipinski definition) is 11. The normalized spacial score (nSPS) is 21.0. The zero-order valence-electron chi connectivity index (χ0n) is 35.4. The highest BCUT2D eigenvalue weighted by molar-refractivity contribution is 8.00. The van der Waals surface area contributed by atoms with Crippen molar-refractivity contribution in [3.63, 3.8) is 0 Å². The van der Waals surface area contributed by atoms with Gasteiger partial charge in [-0.3, -0.25) is 9.59 Å². The predicted molar refractivity (Wildman–Crippen MR) is 229 cm³/mol. The van der Waals surface area contributed by atoms with E-state index in [1.54, 1.807) is 18.0 Å². The van der Waals surface area contributed by atoms with E-state index in [1.165, 1.54) is 0 Å². The van der Waals surface area contributed by atoms with Crippen molar-refractivity contribution < 1.29 is 56.5 Å². The molecule has 0 saturated carbocycles. The van der Waals surface area contributed by atoms with E-state index in [2.05, 4.69) is 26.6 Å². The Labute approximate surface area is 372 Å². The molecule has 4 heterocycles. The van der Waals surface area contributed by atoms with Crippen molar-refractivity contribution >= 4 is 41.7 Å². The summed E-state index contributed by atoms with van der Waals surface area (Å²) in [5, 5.41) is 21.9. The van der Waals surface area contributed by atoms with E-state index in [0.29, 0.717) is 45.0 Å². The second-order valence-electron chi connectivity index (χ2n) is 16.0. The molecule has 3 saturated heterocycles. The summed E-state index contributed by atoms with van der Waals surface area (Å²) < 4.78 is 63.5. The minimum atomic E-state index is -1.23. The van der Waals surface area contributed by atoms with E-state index in [9.17, 15) is 28.4 Å². The van der Waals surface area contributed by atoms with Crippen LogP contribution < -0.4 is 26.6 Å². The van der Waals surface area contributed by atoms with Crippen LogP contribution in [-0.4, -0.2) is 144 Å². The van der Waals surface area contributed by atoms with Gasteiger partial charge in [-0.25, -0.2) is 32.5 Å². The van der Waals surface area contributed by atoms with E-state index < -0.39 is 77.0 Å². The molecule has 6 rings (SSSR count). The molecule has 1 aromatic heterocycles. The van der Waals surface area contributed by atoms with Crippen molar-refractivity contribution in [1.82, 2.24) is 41.0 Å². The molecule has 5 amide bonds. The summed E-state index contributed by atoms with van der Waals surface area (Å²) in [5.41, 5.74) is 1.04. The van der Waals surface area contributed by atoms with Gasteiger partial charge in [0.25, 0.3) is 0 Å². The molecule has 3 aliphatic rings. The molecular formula is C43H55F3N8O9S. The lowest BCUT2D eigenvalue weighted by Gasteiger charge is -2.40. The van der Waals surface area contributed by atoms with Gasteiger partial charge in [0.2, 0.25) is 11.8 Å². The first-order chi connectivity index (χ1) is 30.9. The van der Waals surface area contributed by atoms with Crippen molar-refractivity contribution in [3.05, 3.63) is 77.8 Å². The Morgan fingerprint density at radius 2 is 1.81 bits per heavy atom. The van der Waals surface area contributed by atoms with Gasteiger partial charge in [0, 0.05) is 82.3 Å². The fraction of sp³-hybridized carbons (Fsp3) is 0.535. The number of nitrogens with zero attached hydrogens (tertiary/aromatic N) is 3. The molecule has 3 aliphatic heterocycles. The third-order valence-corrected chi connectivity index (χ3v) is 12.4. The van der Waals surface area contributed by atoms with E-state index in [0.717, 1.165) is 35.5 Å². The quantitative estimate of drug-likeness (QED) is 0.0903. The summed E-state index contributed by atoms with van der Waals surface area (Å²) in [7, 11) is 0. The molecule has 348 valence electrons. The number of imidazole rings is 1. The van der Waals surface area contributed by atoms with E-state index in [4.69, 9.17) is 24.3 Å². The molecule has 2 aromatic carbocycles. The van der Waals surface area contributed by atoms with Crippen molar-refractivity contribution in [3.8, 4) is 11.3 Å². The van der Waals surface area contributed by atoms with Gasteiger partial charge in [-0.2, -0.15) is 0 Å². The summed E-state index contributed by atoms with van der Waals surface area (Å²) in [5.74, 6) is -3.50. The maximum absolute atomic E-state index is 15.4. The van der Waals surface area contributed by atoms with Gasteiger partial charge in [0.1, 0.15) is 36.3 Å². The third-order valence-electron chi connectivity index (χ3n) is 11.1. The van der Waals surface area contributed by atoms with Crippen LogP contribution in [0.5, 0.6) is 0 Å². The van der Waals surface area contributed by atoms with Crippen molar-refractivity contribution in [1.29, 1.82) is 0 Å². The maximum Gasteiger partial charge on any atom is 0.407 e. The monoisotopic (exact) mass is 916 g/mol. The van der Waals surface area contributed by atoms with Gasteiger partial charge < -0.3 is 55.4 Å².